The maximum absolute atomic E-state index is 4.69. The second-order valence-electron chi connectivity index (χ2n) is 8.72. The van der Waals surface area contributed by atoms with Gasteiger partial charge in [0.15, 0.2) is 0 Å². The molecule has 6 heteroatoms. The van der Waals surface area contributed by atoms with E-state index in [4.69, 9.17) is 0 Å². The number of nitrogens with zero attached hydrogens (tertiary/aromatic N) is 3. The van der Waals surface area contributed by atoms with E-state index in [1.165, 1.54) is 51.4 Å². The van der Waals surface area contributed by atoms with Crippen molar-refractivity contribution in [2.24, 2.45) is 17.8 Å². The van der Waals surface area contributed by atoms with Crippen molar-refractivity contribution in [2.45, 2.75) is 62.9 Å². The van der Waals surface area contributed by atoms with Crippen LogP contribution >= 0.6 is 0 Å². The van der Waals surface area contributed by atoms with Gasteiger partial charge in [0.05, 0.1) is 0 Å². The highest BCUT2D eigenvalue weighted by Crippen LogP contribution is 2.56. The molecule has 4 bridgehead atoms. The van der Waals surface area contributed by atoms with Crippen LogP contribution in [0.25, 0.3) is 0 Å². The van der Waals surface area contributed by atoms with E-state index >= 15 is 0 Å². The number of aromatic nitrogens is 3. The van der Waals surface area contributed by atoms with E-state index in [2.05, 4.69) is 37.5 Å². The topological polar surface area (TPSA) is 74.8 Å². The second kappa shape index (κ2) is 5.85. The quantitative estimate of drug-likeness (QED) is 0.660. The van der Waals surface area contributed by atoms with Crippen LogP contribution in [0.15, 0.2) is 12.7 Å². The summed E-state index contributed by atoms with van der Waals surface area (Å²) in [4.78, 5) is 13.8. The van der Waals surface area contributed by atoms with Gasteiger partial charge in [-0.25, -0.2) is 0 Å². The van der Waals surface area contributed by atoms with Gasteiger partial charge in [0, 0.05) is 18.1 Å². The first-order chi connectivity index (χ1) is 12.2. The van der Waals surface area contributed by atoms with Crippen LogP contribution in [-0.4, -0.2) is 33.1 Å². The van der Waals surface area contributed by atoms with E-state index < -0.39 is 0 Å². The lowest BCUT2D eigenvalue weighted by molar-refractivity contribution is 0.0103. The smallest absolute Gasteiger partial charge is 0.229 e. The average molecular weight is 340 g/mol. The van der Waals surface area contributed by atoms with Crippen molar-refractivity contribution in [1.82, 2.24) is 15.0 Å². The molecule has 3 N–H and O–H groups in total. The van der Waals surface area contributed by atoms with Crippen LogP contribution in [0.3, 0.4) is 0 Å². The molecule has 0 unspecified atom stereocenters. The Hall–Kier alpha value is -1.85. The van der Waals surface area contributed by atoms with Crippen molar-refractivity contribution in [3.63, 3.8) is 0 Å². The molecule has 5 fully saturated rings. The Labute approximate surface area is 149 Å². The highest BCUT2D eigenvalue weighted by atomic mass is 15.3. The Balaban J connectivity index is 1.39. The Morgan fingerprint density at radius 3 is 2.12 bits per heavy atom. The van der Waals surface area contributed by atoms with Crippen LogP contribution < -0.4 is 16.0 Å². The van der Waals surface area contributed by atoms with E-state index in [0.717, 1.165) is 23.7 Å². The van der Waals surface area contributed by atoms with Gasteiger partial charge in [0.2, 0.25) is 17.8 Å². The third-order valence-electron chi connectivity index (χ3n) is 6.37. The summed E-state index contributed by atoms with van der Waals surface area (Å²) in [6.07, 6.45) is 12.4. The molecule has 5 aliphatic carbocycles. The molecule has 0 aromatic carbocycles. The molecule has 0 saturated heterocycles. The van der Waals surface area contributed by atoms with Crippen molar-refractivity contribution in [3.8, 4) is 0 Å². The largest absolute Gasteiger partial charge is 0.351 e. The first kappa shape index (κ1) is 15.4. The SMILES string of the molecule is C=CCNc1nc(NC2CC2)nc(NC23CC4CC(CC(C4)C2)C3)n1. The zero-order valence-electron chi connectivity index (χ0n) is 14.8. The molecule has 134 valence electrons. The van der Waals surface area contributed by atoms with Gasteiger partial charge in [-0.05, 0) is 69.1 Å². The molecule has 5 aliphatic rings. The first-order valence-electron chi connectivity index (χ1n) is 9.85. The van der Waals surface area contributed by atoms with E-state index in [-0.39, 0.29) is 5.54 Å². The van der Waals surface area contributed by atoms with Crippen LogP contribution in [0.5, 0.6) is 0 Å². The first-order valence-corrected chi connectivity index (χ1v) is 9.85. The molecule has 0 aliphatic heterocycles. The summed E-state index contributed by atoms with van der Waals surface area (Å²) in [5, 5.41) is 10.4. The van der Waals surface area contributed by atoms with Crippen LogP contribution in [0, 0.1) is 17.8 Å². The highest BCUT2D eigenvalue weighted by molar-refractivity contribution is 5.45. The van der Waals surface area contributed by atoms with Crippen LogP contribution in [-0.2, 0) is 0 Å². The molecular weight excluding hydrogens is 312 g/mol. The summed E-state index contributed by atoms with van der Waals surface area (Å²) in [5.41, 5.74) is 0.211. The maximum Gasteiger partial charge on any atom is 0.229 e. The Bertz CT molecular complexity index is 633. The van der Waals surface area contributed by atoms with Gasteiger partial charge < -0.3 is 16.0 Å². The fourth-order valence-corrected chi connectivity index (χ4v) is 5.65. The molecule has 0 atom stereocenters. The maximum atomic E-state index is 4.69. The van der Waals surface area contributed by atoms with Crippen LogP contribution in [0.1, 0.15) is 51.4 Å². The number of hydrogen-bond acceptors (Lipinski definition) is 6. The molecule has 1 aromatic rings. The minimum Gasteiger partial charge on any atom is -0.351 e. The predicted octanol–water partition coefficient (Wildman–Crippen LogP) is 3.42. The molecule has 0 amide bonds. The summed E-state index contributed by atoms with van der Waals surface area (Å²) in [7, 11) is 0. The molecule has 1 aromatic heterocycles. The Kier molecular flexibility index (Phi) is 3.61. The summed E-state index contributed by atoms with van der Waals surface area (Å²) in [6.45, 7) is 4.42. The monoisotopic (exact) mass is 340 g/mol. The van der Waals surface area contributed by atoms with Crippen molar-refractivity contribution in [3.05, 3.63) is 12.7 Å². The third kappa shape index (κ3) is 3.18. The molecule has 0 spiro atoms. The van der Waals surface area contributed by atoms with Gasteiger partial charge in [-0.15, -0.1) is 6.58 Å². The molecule has 6 rings (SSSR count). The molecule has 5 saturated carbocycles. The molecular formula is C19H28N6. The minimum absolute atomic E-state index is 0.211. The van der Waals surface area contributed by atoms with Gasteiger partial charge in [0.1, 0.15) is 0 Å². The third-order valence-corrected chi connectivity index (χ3v) is 6.37. The van der Waals surface area contributed by atoms with Crippen molar-refractivity contribution >= 4 is 17.8 Å². The number of rotatable bonds is 7. The summed E-state index contributed by atoms with van der Waals surface area (Å²) < 4.78 is 0. The van der Waals surface area contributed by atoms with Gasteiger partial charge in [-0.3, -0.25) is 0 Å². The van der Waals surface area contributed by atoms with Crippen LogP contribution in [0.4, 0.5) is 17.8 Å². The fourth-order valence-electron chi connectivity index (χ4n) is 5.65. The fraction of sp³-hybridized carbons (Fsp3) is 0.737. The van der Waals surface area contributed by atoms with Crippen molar-refractivity contribution in [1.29, 1.82) is 0 Å². The summed E-state index contributed by atoms with van der Waals surface area (Å²) >= 11 is 0. The Morgan fingerprint density at radius 1 is 0.920 bits per heavy atom. The van der Waals surface area contributed by atoms with E-state index in [9.17, 15) is 0 Å². The normalized spacial score (nSPS) is 35.4. The molecule has 1 heterocycles. The van der Waals surface area contributed by atoms with Gasteiger partial charge in [-0.2, -0.15) is 15.0 Å². The van der Waals surface area contributed by atoms with Gasteiger partial charge in [-0.1, -0.05) is 6.08 Å². The standard InChI is InChI=1S/C19H28N6/c1-2-5-20-16-22-17(21-15-3-4-15)24-18(23-16)25-19-9-12-6-13(10-19)8-14(7-12)11-19/h2,12-15H,1,3-11H2,(H3,20,21,22,23,24,25). The number of anilines is 3. The number of nitrogens with one attached hydrogen (secondary N) is 3. The lowest BCUT2D eigenvalue weighted by atomic mass is 9.53. The molecule has 0 radical (unpaired) electrons. The second-order valence-corrected chi connectivity index (χ2v) is 8.72. The zero-order valence-corrected chi connectivity index (χ0v) is 14.8. The Morgan fingerprint density at radius 2 is 1.52 bits per heavy atom. The van der Waals surface area contributed by atoms with Crippen LogP contribution in [0.2, 0.25) is 0 Å². The molecule has 6 nitrogen and oxygen atoms in total. The molecule has 25 heavy (non-hydrogen) atoms. The number of hydrogen-bond donors (Lipinski definition) is 3. The lowest BCUT2D eigenvalue weighted by Gasteiger charge is -2.56. The van der Waals surface area contributed by atoms with Gasteiger partial charge in [0.25, 0.3) is 0 Å². The average Bonchev–Trinajstić information content (AvgIpc) is 3.35. The highest BCUT2D eigenvalue weighted by Gasteiger charge is 2.51. The lowest BCUT2D eigenvalue weighted by Crippen LogP contribution is -2.55. The van der Waals surface area contributed by atoms with Crippen molar-refractivity contribution < 1.29 is 0 Å². The van der Waals surface area contributed by atoms with Gasteiger partial charge >= 0.3 is 0 Å². The summed E-state index contributed by atoms with van der Waals surface area (Å²) in [5.74, 6) is 4.77. The van der Waals surface area contributed by atoms with E-state index in [1.807, 2.05) is 6.08 Å². The van der Waals surface area contributed by atoms with E-state index in [0.29, 0.717) is 24.5 Å². The van der Waals surface area contributed by atoms with E-state index in [1.54, 1.807) is 0 Å². The van der Waals surface area contributed by atoms with Crippen molar-refractivity contribution in [2.75, 3.05) is 22.5 Å². The summed E-state index contributed by atoms with van der Waals surface area (Å²) in [6, 6.07) is 0.530. The zero-order chi connectivity index (χ0) is 16.9. The predicted molar refractivity (Wildman–Crippen MR) is 99.7 cm³/mol. The minimum atomic E-state index is 0.211.